The Kier molecular flexibility index (Phi) is 5.35. The quantitative estimate of drug-likeness (QED) is 0.185. The van der Waals surface area contributed by atoms with Crippen LogP contribution in [0.1, 0.15) is 12.8 Å². The monoisotopic (exact) mass is 378 g/mol. The Balaban J connectivity index is 0.000000351. The molecule has 0 amide bonds. The molecule has 4 nitrogen and oxygen atoms in total. The Morgan fingerprint density at radius 2 is 1.50 bits per heavy atom. The first-order valence-corrected chi connectivity index (χ1v) is 9.13. The molecule has 0 atom stereocenters. The number of guanidine groups is 1. The van der Waals surface area contributed by atoms with Crippen LogP contribution in [-0.4, -0.2) is 42.6 Å². The van der Waals surface area contributed by atoms with Crippen molar-refractivity contribution in [1.29, 1.82) is 0 Å². The van der Waals surface area contributed by atoms with E-state index in [0.29, 0.717) is 0 Å². The second-order valence-electron chi connectivity index (χ2n) is 5.58. The summed E-state index contributed by atoms with van der Waals surface area (Å²) in [6.07, 6.45) is 2.53. The molecule has 11 heteroatoms. The third kappa shape index (κ3) is 9.44. The predicted octanol–water partition coefficient (Wildman–Crippen LogP) is 4.79. The van der Waals surface area contributed by atoms with E-state index in [9.17, 15) is 25.2 Å². The average Bonchev–Trinajstić information content (AvgIpc) is 2.87. The molecule has 0 radical (unpaired) electrons. The Morgan fingerprint density at radius 1 is 1.04 bits per heavy atom. The van der Waals surface area contributed by atoms with Gasteiger partial charge in [0.15, 0.2) is 0 Å². The summed E-state index contributed by atoms with van der Waals surface area (Å²) in [4.78, 5) is 2.37. The van der Waals surface area contributed by atoms with E-state index in [4.69, 9.17) is 5.73 Å². The molecule has 1 aliphatic heterocycles. The van der Waals surface area contributed by atoms with Crippen molar-refractivity contribution < 1.29 is 29.8 Å². The van der Waals surface area contributed by atoms with E-state index in [-0.39, 0.29) is 0 Å². The van der Waals surface area contributed by atoms with Gasteiger partial charge >= 0.3 is 38.9 Å². The molecular weight excluding hydrogens is 357 g/mol. The maximum atomic E-state index is 9.87. The second-order valence-corrected chi connectivity index (χ2v) is 7.50. The minimum atomic E-state index is -10.7. The molecule has 1 fully saturated rings. The van der Waals surface area contributed by atoms with Crippen LogP contribution in [0.2, 0.25) is 0 Å². The molecule has 0 spiro atoms. The van der Waals surface area contributed by atoms with Gasteiger partial charge in [0, 0.05) is 0 Å². The summed E-state index contributed by atoms with van der Waals surface area (Å²) in [6, 6.07) is 7.87. The van der Waals surface area contributed by atoms with Gasteiger partial charge in [-0.15, -0.1) is 0 Å². The number of para-hydroxylation sites is 2. The second kappa shape index (κ2) is 6.31. The number of nitrogens with two attached hydrogens (primary N) is 1. The molecule has 0 aromatic heterocycles. The van der Waals surface area contributed by atoms with Crippen LogP contribution in [0.3, 0.4) is 0 Å². The van der Waals surface area contributed by atoms with Crippen molar-refractivity contribution in [1.82, 2.24) is 4.90 Å². The molecule has 1 heterocycles. The van der Waals surface area contributed by atoms with Crippen LogP contribution >= 0.6 is 7.81 Å². The van der Waals surface area contributed by atoms with E-state index in [1.54, 1.807) is 0 Å². The predicted molar refractivity (Wildman–Crippen MR) is 86.0 cm³/mol. The molecule has 0 aliphatic carbocycles. The topological polar surface area (TPSA) is 44.3 Å². The first-order chi connectivity index (χ1) is 10.6. The van der Waals surface area contributed by atoms with Crippen LogP contribution in [-0.2, 0) is 0 Å². The van der Waals surface area contributed by atoms with Crippen molar-refractivity contribution in [2.24, 2.45) is 0 Å². The molecule has 1 aliphatic rings. The number of hydrogen-bond donors (Lipinski definition) is 2. The van der Waals surface area contributed by atoms with Crippen molar-refractivity contribution in [3.63, 3.8) is 0 Å². The van der Waals surface area contributed by atoms with Gasteiger partial charge in [0.05, 0.1) is 32.9 Å². The van der Waals surface area contributed by atoms with Gasteiger partial charge in [-0.2, -0.15) is 0 Å². The molecule has 3 N–H and O–H groups in total. The number of benzene rings is 1. The summed E-state index contributed by atoms with van der Waals surface area (Å²) in [5, 5.41) is 3.43. The number of hydrogen-bond acceptors (Lipinski definition) is 1. The van der Waals surface area contributed by atoms with E-state index >= 15 is 0 Å². The summed E-state index contributed by atoms with van der Waals surface area (Å²) in [7, 11) is -6.55. The van der Waals surface area contributed by atoms with Crippen molar-refractivity contribution in [2.45, 2.75) is 12.8 Å². The molecule has 24 heavy (non-hydrogen) atoms. The van der Waals surface area contributed by atoms with Crippen LogP contribution in [0.4, 0.5) is 36.6 Å². The average molecular weight is 378 g/mol. The zero-order chi connectivity index (χ0) is 18.7. The summed E-state index contributed by atoms with van der Waals surface area (Å²) < 4.78 is 61.3. The SMILES string of the molecule is C[N+](C)=C(Nc1ccccc1N)N1CCCC1.F[P-](F)(F)(F)(F)F. The molecule has 0 bridgehead atoms. The standard InChI is InChI=1S/C13H20N4.F6P/c1-16(2)13(17-9-5-6-10-17)15-12-8-4-3-7-11(12)14;1-7(2,3,4,5)6/h3-4,7-8H,5-6,9-10,14H2,1-2H3;/q;-1/p+1. The summed E-state index contributed by atoms with van der Waals surface area (Å²) in [5.41, 5.74) is 7.71. The minimum absolute atomic E-state index is 0.783. The van der Waals surface area contributed by atoms with Crippen molar-refractivity contribution >= 4 is 25.1 Å². The van der Waals surface area contributed by atoms with Gasteiger partial charge in [-0.25, -0.2) is 5.32 Å². The number of rotatable bonds is 1. The molecular formula is C13H21F6N4P. The molecule has 140 valence electrons. The van der Waals surface area contributed by atoms with Gasteiger partial charge in [0.1, 0.15) is 5.69 Å². The Labute approximate surface area is 136 Å². The maximum absolute atomic E-state index is 10.7. The number of nitrogens with zero attached hydrogens (tertiary/aromatic N) is 2. The van der Waals surface area contributed by atoms with Crippen LogP contribution in [0.15, 0.2) is 24.3 Å². The zero-order valence-electron chi connectivity index (χ0n) is 13.3. The Morgan fingerprint density at radius 3 is 1.92 bits per heavy atom. The fraction of sp³-hybridized carbons (Fsp3) is 0.462. The molecule has 0 unspecified atom stereocenters. The Bertz CT molecular complexity index is 593. The van der Waals surface area contributed by atoms with E-state index < -0.39 is 7.81 Å². The summed E-state index contributed by atoms with van der Waals surface area (Å²) in [6.45, 7) is 2.24. The first kappa shape index (κ1) is 20.3. The van der Waals surface area contributed by atoms with Crippen LogP contribution in [0.5, 0.6) is 0 Å². The molecule has 2 rings (SSSR count). The van der Waals surface area contributed by atoms with Gasteiger partial charge in [0.2, 0.25) is 0 Å². The number of anilines is 2. The van der Waals surface area contributed by atoms with E-state index in [2.05, 4.69) is 28.9 Å². The van der Waals surface area contributed by atoms with Crippen molar-refractivity contribution in [3.8, 4) is 0 Å². The fourth-order valence-corrected chi connectivity index (χ4v) is 2.13. The third-order valence-electron chi connectivity index (χ3n) is 3.04. The van der Waals surface area contributed by atoms with Crippen LogP contribution < -0.4 is 11.1 Å². The molecule has 1 aromatic carbocycles. The molecule has 1 saturated heterocycles. The van der Waals surface area contributed by atoms with Gasteiger partial charge in [-0.05, 0) is 25.0 Å². The van der Waals surface area contributed by atoms with E-state index in [1.807, 2.05) is 24.3 Å². The van der Waals surface area contributed by atoms with Crippen LogP contribution in [0.25, 0.3) is 0 Å². The molecule has 0 saturated carbocycles. The normalized spacial score (nSPS) is 17.2. The van der Waals surface area contributed by atoms with Crippen molar-refractivity contribution in [3.05, 3.63) is 24.3 Å². The number of nitrogens with one attached hydrogen (secondary N) is 1. The van der Waals surface area contributed by atoms with Gasteiger partial charge in [0.25, 0.3) is 0 Å². The molecule has 1 aromatic rings. The number of halogens is 6. The Hall–Kier alpha value is -1.70. The summed E-state index contributed by atoms with van der Waals surface area (Å²) >= 11 is 0. The number of likely N-dealkylation sites (tertiary alicyclic amines) is 1. The van der Waals surface area contributed by atoms with Gasteiger partial charge in [-0.1, -0.05) is 12.1 Å². The van der Waals surface area contributed by atoms with Crippen molar-refractivity contribution in [2.75, 3.05) is 38.2 Å². The van der Waals surface area contributed by atoms with Gasteiger partial charge in [-0.3, -0.25) is 9.48 Å². The summed E-state index contributed by atoms with van der Waals surface area (Å²) in [5.74, 6) is 1.13. The first-order valence-electron chi connectivity index (χ1n) is 7.10. The van der Waals surface area contributed by atoms with Crippen LogP contribution in [0, 0.1) is 0 Å². The van der Waals surface area contributed by atoms with E-state index in [0.717, 1.165) is 30.4 Å². The fourth-order valence-electron chi connectivity index (χ4n) is 2.13. The third-order valence-corrected chi connectivity index (χ3v) is 3.04. The van der Waals surface area contributed by atoms with Gasteiger partial charge < -0.3 is 5.73 Å². The van der Waals surface area contributed by atoms with E-state index in [1.165, 1.54) is 12.8 Å². The zero-order valence-corrected chi connectivity index (χ0v) is 14.2. The number of nitrogen functional groups attached to an aromatic ring is 1.